The van der Waals surface area contributed by atoms with Crippen LogP contribution in [0.3, 0.4) is 0 Å². The molecule has 0 aliphatic rings. The highest BCUT2D eigenvalue weighted by Crippen LogP contribution is 2.22. The summed E-state index contributed by atoms with van der Waals surface area (Å²) in [5.41, 5.74) is 1.13. The third kappa shape index (κ3) is 3.93. The SMILES string of the molecule is CCCCn1c(=O)c2ccccc2n2c(SCC(=O)Nc3ccc(F)cc3)nnc12. The van der Waals surface area contributed by atoms with Crippen LogP contribution >= 0.6 is 11.8 Å². The molecule has 2 aromatic heterocycles. The fraction of sp³-hybridized carbons (Fsp3) is 0.238. The average Bonchev–Trinajstić information content (AvgIpc) is 3.18. The lowest BCUT2D eigenvalue weighted by Gasteiger charge is -2.11. The summed E-state index contributed by atoms with van der Waals surface area (Å²) in [5.74, 6) is -0.0421. The smallest absolute Gasteiger partial charge is 0.262 e. The molecule has 2 heterocycles. The number of hydrogen-bond acceptors (Lipinski definition) is 5. The van der Waals surface area contributed by atoms with Crippen LogP contribution in [0, 0.1) is 5.82 Å². The molecule has 0 atom stereocenters. The number of nitrogens with one attached hydrogen (secondary N) is 1. The number of anilines is 1. The Morgan fingerprint density at radius 3 is 2.67 bits per heavy atom. The van der Waals surface area contributed by atoms with Crippen LogP contribution in [0.25, 0.3) is 16.7 Å². The van der Waals surface area contributed by atoms with E-state index in [0.29, 0.717) is 34.1 Å². The van der Waals surface area contributed by atoms with Gasteiger partial charge in [0.1, 0.15) is 5.82 Å². The molecule has 0 fully saturated rings. The molecule has 4 rings (SSSR count). The molecule has 0 unspecified atom stereocenters. The highest BCUT2D eigenvalue weighted by atomic mass is 32.2. The molecule has 1 amide bonds. The molecule has 9 heteroatoms. The molecular formula is C21H20FN5O2S. The molecule has 0 saturated carbocycles. The van der Waals surface area contributed by atoms with Crippen molar-refractivity contribution in [2.75, 3.05) is 11.1 Å². The quantitative estimate of drug-likeness (QED) is 0.457. The molecule has 154 valence electrons. The van der Waals surface area contributed by atoms with Crippen LogP contribution in [-0.4, -0.2) is 30.8 Å². The van der Waals surface area contributed by atoms with Gasteiger partial charge in [-0.3, -0.25) is 18.6 Å². The molecule has 0 radical (unpaired) electrons. The lowest BCUT2D eigenvalue weighted by molar-refractivity contribution is -0.113. The summed E-state index contributed by atoms with van der Waals surface area (Å²) in [5, 5.41) is 12.3. The Morgan fingerprint density at radius 2 is 1.90 bits per heavy atom. The van der Waals surface area contributed by atoms with Crippen molar-refractivity contribution in [3.63, 3.8) is 0 Å². The number of aromatic nitrogens is 4. The minimum absolute atomic E-state index is 0.0930. The molecule has 0 spiro atoms. The van der Waals surface area contributed by atoms with E-state index in [1.807, 2.05) is 22.6 Å². The normalized spacial score (nSPS) is 11.3. The van der Waals surface area contributed by atoms with Gasteiger partial charge in [-0.1, -0.05) is 37.2 Å². The maximum Gasteiger partial charge on any atom is 0.262 e. The molecule has 4 aromatic rings. The molecule has 0 aliphatic carbocycles. The Bertz CT molecular complexity index is 1270. The van der Waals surface area contributed by atoms with Crippen molar-refractivity contribution in [3.05, 3.63) is 64.7 Å². The number of hydrogen-bond donors (Lipinski definition) is 1. The van der Waals surface area contributed by atoms with E-state index >= 15 is 0 Å². The van der Waals surface area contributed by atoms with Gasteiger partial charge in [-0.2, -0.15) is 0 Å². The number of fused-ring (bicyclic) bond motifs is 3. The molecule has 0 saturated heterocycles. The third-order valence-corrected chi connectivity index (χ3v) is 5.60. The van der Waals surface area contributed by atoms with Crippen LogP contribution < -0.4 is 10.9 Å². The van der Waals surface area contributed by atoms with Gasteiger partial charge in [0.25, 0.3) is 5.56 Å². The van der Waals surface area contributed by atoms with Gasteiger partial charge in [0, 0.05) is 12.2 Å². The highest BCUT2D eigenvalue weighted by Gasteiger charge is 2.17. The molecule has 1 N–H and O–H groups in total. The van der Waals surface area contributed by atoms with E-state index in [0.717, 1.165) is 12.8 Å². The monoisotopic (exact) mass is 425 g/mol. The minimum Gasteiger partial charge on any atom is -0.325 e. The topological polar surface area (TPSA) is 81.3 Å². The van der Waals surface area contributed by atoms with Crippen molar-refractivity contribution in [1.29, 1.82) is 0 Å². The van der Waals surface area contributed by atoms with Crippen molar-refractivity contribution in [1.82, 2.24) is 19.2 Å². The number of aryl methyl sites for hydroxylation is 1. The van der Waals surface area contributed by atoms with E-state index in [4.69, 9.17) is 0 Å². The predicted octanol–water partition coefficient (Wildman–Crippen LogP) is 3.71. The maximum absolute atomic E-state index is 13.0. The minimum atomic E-state index is -0.363. The van der Waals surface area contributed by atoms with Crippen molar-refractivity contribution in [3.8, 4) is 0 Å². The largest absolute Gasteiger partial charge is 0.325 e. The Labute approximate surface area is 175 Å². The summed E-state index contributed by atoms with van der Waals surface area (Å²) in [6, 6.07) is 12.9. The van der Waals surface area contributed by atoms with Gasteiger partial charge in [-0.05, 0) is 42.8 Å². The molecule has 0 aliphatic heterocycles. The summed E-state index contributed by atoms with van der Waals surface area (Å²) < 4.78 is 16.5. The van der Waals surface area contributed by atoms with Crippen LogP contribution in [0.1, 0.15) is 19.8 Å². The van der Waals surface area contributed by atoms with E-state index in [1.54, 1.807) is 10.6 Å². The Balaban J connectivity index is 1.64. The van der Waals surface area contributed by atoms with Crippen molar-refractivity contribution >= 4 is 40.0 Å². The first kappa shape index (κ1) is 20.1. The predicted molar refractivity (Wildman–Crippen MR) is 115 cm³/mol. The first-order valence-electron chi connectivity index (χ1n) is 9.63. The van der Waals surface area contributed by atoms with Crippen LogP contribution in [0.4, 0.5) is 10.1 Å². The highest BCUT2D eigenvalue weighted by molar-refractivity contribution is 7.99. The Hall–Kier alpha value is -3.20. The van der Waals surface area contributed by atoms with Crippen LogP contribution in [0.5, 0.6) is 0 Å². The number of para-hydroxylation sites is 1. The van der Waals surface area contributed by atoms with Crippen molar-refractivity contribution in [2.45, 2.75) is 31.5 Å². The van der Waals surface area contributed by atoms with Crippen LogP contribution in [0.2, 0.25) is 0 Å². The van der Waals surface area contributed by atoms with Crippen molar-refractivity contribution in [2.24, 2.45) is 0 Å². The number of halogens is 1. The summed E-state index contributed by atoms with van der Waals surface area (Å²) in [6.45, 7) is 2.62. The Kier molecular flexibility index (Phi) is 5.80. The summed E-state index contributed by atoms with van der Waals surface area (Å²) in [6.07, 6.45) is 1.80. The number of amides is 1. The zero-order chi connectivity index (χ0) is 21.1. The lowest BCUT2D eigenvalue weighted by Crippen LogP contribution is -2.23. The van der Waals surface area contributed by atoms with Gasteiger partial charge in [0.05, 0.1) is 16.7 Å². The van der Waals surface area contributed by atoms with E-state index in [1.165, 1.54) is 36.0 Å². The summed E-state index contributed by atoms with van der Waals surface area (Å²) in [4.78, 5) is 25.3. The van der Waals surface area contributed by atoms with Gasteiger partial charge in [0.15, 0.2) is 5.16 Å². The molecule has 30 heavy (non-hydrogen) atoms. The van der Waals surface area contributed by atoms with Crippen molar-refractivity contribution < 1.29 is 9.18 Å². The van der Waals surface area contributed by atoms with Crippen LogP contribution in [0.15, 0.2) is 58.5 Å². The number of carbonyl (C=O) groups excluding carboxylic acids is 1. The number of benzene rings is 2. The van der Waals surface area contributed by atoms with Crippen LogP contribution in [-0.2, 0) is 11.3 Å². The average molecular weight is 425 g/mol. The van der Waals surface area contributed by atoms with E-state index in [2.05, 4.69) is 22.4 Å². The molecule has 7 nitrogen and oxygen atoms in total. The first-order valence-corrected chi connectivity index (χ1v) is 10.6. The first-order chi connectivity index (χ1) is 14.6. The second-order valence-electron chi connectivity index (χ2n) is 6.79. The second kappa shape index (κ2) is 8.66. The summed E-state index contributed by atoms with van der Waals surface area (Å²) >= 11 is 1.23. The molecule has 0 bridgehead atoms. The van der Waals surface area contributed by atoms with E-state index < -0.39 is 0 Å². The zero-order valence-corrected chi connectivity index (χ0v) is 17.2. The zero-order valence-electron chi connectivity index (χ0n) is 16.3. The third-order valence-electron chi connectivity index (χ3n) is 4.67. The standard InChI is InChI=1S/C21H20FN5O2S/c1-2-3-12-26-19(29)16-6-4-5-7-17(16)27-20(26)24-25-21(27)30-13-18(28)23-15-10-8-14(22)9-11-15/h4-11H,2-3,12-13H2,1H3,(H,23,28). The van der Waals surface area contributed by atoms with Gasteiger partial charge in [-0.15, -0.1) is 10.2 Å². The van der Waals surface area contributed by atoms with E-state index in [9.17, 15) is 14.0 Å². The van der Waals surface area contributed by atoms with Gasteiger partial charge >= 0.3 is 0 Å². The fourth-order valence-electron chi connectivity index (χ4n) is 3.21. The molecule has 2 aromatic carbocycles. The number of thioether (sulfide) groups is 1. The van der Waals surface area contributed by atoms with E-state index in [-0.39, 0.29) is 23.0 Å². The second-order valence-corrected chi connectivity index (χ2v) is 7.73. The Morgan fingerprint density at radius 1 is 1.13 bits per heavy atom. The number of rotatable bonds is 7. The number of carbonyl (C=O) groups is 1. The number of unbranched alkanes of at least 4 members (excludes halogenated alkanes) is 1. The maximum atomic E-state index is 13.0. The molecular weight excluding hydrogens is 405 g/mol. The van der Waals surface area contributed by atoms with Gasteiger partial charge < -0.3 is 5.32 Å². The summed E-state index contributed by atoms with van der Waals surface area (Å²) in [7, 11) is 0. The van der Waals surface area contributed by atoms with Gasteiger partial charge in [0.2, 0.25) is 11.7 Å². The van der Waals surface area contributed by atoms with Gasteiger partial charge in [-0.25, -0.2) is 4.39 Å². The lowest BCUT2D eigenvalue weighted by atomic mass is 10.2. The number of nitrogens with zero attached hydrogens (tertiary/aromatic N) is 4. The fourth-order valence-corrected chi connectivity index (χ4v) is 3.95.